The Labute approximate surface area is 98.1 Å². The number of nitrogens with zero attached hydrogens (tertiary/aromatic N) is 3. The maximum Gasteiger partial charge on any atom is 0.272 e. The van der Waals surface area contributed by atoms with Gasteiger partial charge in [0.15, 0.2) is 16.6 Å². The molecule has 0 N–H and O–H groups in total. The van der Waals surface area contributed by atoms with E-state index in [2.05, 4.69) is 15.0 Å². The Bertz CT molecular complexity index is 491. The fraction of sp³-hybridized carbons (Fsp3) is 0.375. The molecule has 0 amide bonds. The van der Waals surface area contributed by atoms with E-state index in [0.29, 0.717) is 10.3 Å². The molecule has 0 spiro atoms. The van der Waals surface area contributed by atoms with Crippen molar-refractivity contribution in [3.05, 3.63) is 6.33 Å². The SMILES string of the molecule is CSc1nc2ncnc(OCC(F)F)c2s1. The minimum absolute atomic E-state index is 0.170. The van der Waals surface area contributed by atoms with Crippen LogP contribution in [-0.4, -0.2) is 34.2 Å². The molecular formula is C8H7F2N3OS2. The zero-order valence-electron chi connectivity index (χ0n) is 8.18. The molecular weight excluding hydrogens is 256 g/mol. The number of thioether (sulfide) groups is 1. The summed E-state index contributed by atoms with van der Waals surface area (Å²) in [4.78, 5) is 11.9. The largest absolute Gasteiger partial charge is 0.470 e. The van der Waals surface area contributed by atoms with Crippen LogP contribution in [0.25, 0.3) is 10.3 Å². The average Bonchev–Trinajstić information content (AvgIpc) is 2.69. The highest BCUT2D eigenvalue weighted by atomic mass is 32.2. The van der Waals surface area contributed by atoms with Crippen molar-refractivity contribution in [2.24, 2.45) is 0 Å². The highest BCUT2D eigenvalue weighted by Gasteiger charge is 2.12. The van der Waals surface area contributed by atoms with E-state index in [4.69, 9.17) is 4.74 Å². The van der Waals surface area contributed by atoms with Crippen LogP contribution in [-0.2, 0) is 0 Å². The minimum Gasteiger partial charge on any atom is -0.470 e. The van der Waals surface area contributed by atoms with E-state index in [1.54, 1.807) is 0 Å². The lowest BCUT2D eigenvalue weighted by Crippen LogP contribution is -2.08. The number of aromatic nitrogens is 3. The molecule has 8 heteroatoms. The fourth-order valence-electron chi connectivity index (χ4n) is 1.05. The van der Waals surface area contributed by atoms with Crippen molar-refractivity contribution in [3.63, 3.8) is 0 Å². The number of fused-ring (bicyclic) bond motifs is 1. The monoisotopic (exact) mass is 263 g/mol. The van der Waals surface area contributed by atoms with E-state index in [0.717, 1.165) is 4.34 Å². The molecule has 86 valence electrons. The third-order valence-electron chi connectivity index (χ3n) is 1.66. The van der Waals surface area contributed by atoms with Gasteiger partial charge in [-0.05, 0) is 6.26 Å². The Hall–Kier alpha value is -1.02. The summed E-state index contributed by atoms with van der Waals surface area (Å²) in [5.74, 6) is 0.170. The number of alkyl halides is 2. The molecule has 0 aliphatic carbocycles. The summed E-state index contributed by atoms with van der Waals surface area (Å²) >= 11 is 2.80. The molecule has 0 fully saturated rings. The van der Waals surface area contributed by atoms with Crippen molar-refractivity contribution in [2.75, 3.05) is 12.9 Å². The van der Waals surface area contributed by atoms with Gasteiger partial charge in [0.05, 0.1) is 0 Å². The molecule has 16 heavy (non-hydrogen) atoms. The number of hydrogen-bond acceptors (Lipinski definition) is 6. The number of thiazole rings is 1. The van der Waals surface area contributed by atoms with Gasteiger partial charge in [0.25, 0.3) is 6.43 Å². The predicted octanol–water partition coefficient (Wildman–Crippen LogP) is 2.45. The summed E-state index contributed by atoms with van der Waals surface area (Å²) in [5, 5.41) is 0. The molecule has 2 aromatic rings. The summed E-state index contributed by atoms with van der Waals surface area (Å²) in [6.07, 6.45) is 0.621. The maximum absolute atomic E-state index is 12.0. The van der Waals surface area contributed by atoms with Gasteiger partial charge in [0.2, 0.25) is 5.88 Å². The lowest BCUT2D eigenvalue weighted by atomic mass is 10.6. The third kappa shape index (κ3) is 2.38. The van der Waals surface area contributed by atoms with Crippen molar-refractivity contribution in [3.8, 4) is 5.88 Å². The smallest absolute Gasteiger partial charge is 0.272 e. The van der Waals surface area contributed by atoms with Gasteiger partial charge in [0, 0.05) is 0 Å². The molecule has 0 atom stereocenters. The zero-order chi connectivity index (χ0) is 11.5. The quantitative estimate of drug-likeness (QED) is 0.793. The molecule has 0 unspecified atom stereocenters. The van der Waals surface area contributed by atoms with Crippen molar-refractivity contribution >= 4 is 33.4 Å². The van der Waals surface area contributed by atoms with Gasteiger partial charge in [-0.15, -0.1) is 11.3 Å². The molecule has 0 aliphatic heterocycles. The summed E-state index contributed by atoms with van der Waals surface area (Å²) in [6, 6.07) is 0. The van der Waals surface area contributed by atoms with Crippen LogP contribution in [0.1, 0.15) is 0 Å². The highest BCUT2D eigenvalue weighted by molar-refractivity contribution is 8.00. The Morgan fingerprint density at radius 3 is 3.00 bits per heavy atom. The third-order valence-corrected chi connectivity index (χ3v) is 3.68. The van der Waals surface area contributed by atoms with Crippen LogP contribution in [0.15, 0.2) is 10.7 Å². The molecule has 4 nitrogen and oxygen atoms in total. The first-order valence-corrected chi connectivity index (χ1v) is 6.31. The second kappa shape index (κ2) is 4.88. The molecule has 0 bridgehead atoms. The Balaban J connectivity index is 2.33. The molecule has 2 rings (SSSR count). The van der Waals surface area contributed by atoms with Crippen molar-refractivity contribution < 1.29 is 13.5 Å². The van der Waals surface area contributed by atoms with Gasteiger partial charge in [-0.1, -0.05) is 11.8 Å². The molecule has 0 radical (unpaired) electrons. The number of hydrogen-bond donors (Lipinski definition) is 0. The Morgan fingerprint density at radius 1 is 1.50 bits per heavy atom. The Morgan fingerprint density at radius 2 is 2.31 bits per heavy atom. The minimum atomic E-state index is -2.52. The van der Waals surface area contributed by atoms with Crippen LogP contribution in [0.5, 0.6) is 5.88 Å². The second-order valence-corrected chi connectivity index (χ2v) is 4.77. The van der Waals surface area contributed by atoms with E-state index in [9.17, 15) is 8.78 Å². The van der Waals surface area contributed by atoms with Gasteiger partial charge in [-0.3, -0.25) is 0 Å². The highest BCUT2D eigenvalue weighted by Crippen LogP contribution is 2.32. The van der Waals surface area contributed by atoms with Crippen LogP contribution < -0.4 is 4.74 Å². The van der Waals surface area contributed by atoms with Crippen LogP contribution in [0, 0.1) is 0 Å². The van der Waals surface area contributed by atoms with Gasteiger partial charge in [0.1, 0.15) is 11.0 Å². The van der Waals surface area contributed by atoms with Crippen LogP contribution in [0.4, 0.5) is 8.78 Å². The molecule has 0 aliphatic rings. The van der Waals surface area contributed by atoms with Crippen molar-refractivity contribution in [1.29, 1.82) is 0 Å². The van der Waals surface area contributed by atoms with Crippen LogP contribution in [0.3, 0.4) is 0 Å². The lowest BCUT2D eigenvalue weighted by Gasteiger charge is -2.03. The topological polar surface area (TPSA) is 47.9 Å². The summed E-state index contributed by atoms with van der Waals surface area (Å²) < 4.78 is 30.3. The number of ether oxygens (including phenoxy) is 1. The van der Waals surface area contributed by atoms with E-state index < -0.39 is 13.0 Å². The predicted molar refractivity (Wildman–Crippen MR) is 58.5 cm³/mol. The second-order valence-electron chi connectivity index (χ2n) is 2.72. The standard InChI is InChI=1S/C8H7F2N3OS2/c1-15-8-13-6-5(16-8)7(12-3-11-6)14-2-4(9)10/h3-4H,2H2,1H3. The molecule has 0 saturated carbocycles. The van der Waals surface area contributed by atoms with Crippen molar-refractivity contribution in [2.45, 2.75) is 10.8 Å². The molecule has 2 heterocycles. The Kier molecular flexibility index (Phi) is 3.49. The number of rotatable bonds is 4. The normalized spacial score (nSPS) is 11.2. The van der Waals surface area contributed by atoms with E-state index in [1.165, 1.54) is 29.4 Å². The fourth-order valence-corrected chi connectivity index (χ4v) is 2.50. The van der Waals surface area contributed by atoms with E-state index >= 15 is 0 Å². The van der Waals surface area contributed by atoms with Gasteiger partial charge in [-0.2, -0.15) is 0 Å². The summed E-state index contributed by atoms with van der Waals surface area (Å²) in [7, 11) is 0. The van der Waals surface area contributed by atoms with Gasteiger partial charge in [-0.25, -0.2) is 23.7 Å². The first-order valence-electron chi connectivity index (χ1n) is 4.27. The molecule has 2 aromatic heterocycles. The molecule has 0 aromatic carbocycles. The first kappa shape index (κ1) is 11.5. The lowest BCUT2D eigenvalue weighted by molar-refractivity contribution is 0.0805. The van der Waals surface area contributed by atoms with Crippen molar-refractivity contribution in [1.82, 2.24) is 15.0 Å². The van der Waals surface area contributed by atoms with Crippen LogP contribution in [0.2, 0.25) is 0 Å². The van der Waals surface area contributed by atoms with E-state index in [1.807, 2.05) is 6.26 Å². The van der Waals surface area contributed by atoms with Gasteiger partial charge >= 0.3 is 0 Å². The maximum atomic E-state index is 12.0. The van der Waals surface area contributed by atoms with Crippen LogP contribution >= 0.6 is 23.1 Å². The zero-order valence-corrected chi connectivity index (χ0v) is 9.82. The number of halogens is 2. The molecule has 0 saturated heterocycles. The van der Waals surface area contributed by atoms with E-state index in [-0.39, 0.29) is 5.88 Å². The van der Waals surface area contributed by atoms with Gasteiger partial charge < -0.3 is 4.74 Å². The first-order chi connectivity index (χ1) is 7.70. The average molecular weight is 263 g/mol. The summed E-state index contributed by atoms with van der Waals surface area (Å²) in [5.41, 5.74) is 0.480. The summed E-state index contributed by atoms with van der Waals surface area (Å²) in [6.45, 7) is -0.668.